The van der Waals surface area contributed by atoms with Gasteiger partial charge in [0, 0.05) is 11.9 Å². The molecule has 3 aromatic rings. The number of carboxylic acid groups (broad SMARTS) is 1. The van der Waals surface area contributed by atoms with E-state index in [-0.39, 0.29) is 17.3 Å². The van der Waals surface area contributed by atoms with Crippen LogP contribution in [0.15, 0.2) is 54.7 Å². The maximum Gasteiger partial charge on any atom is 0.341 e. The molecule has 1 heterocycles. The van der Waals surface area contributed by atoms with Gasteiger partial charge in [0.05, 0.1) is 5.02 Å². The maximum atomic E-state index is 10.9. The third-order valence-electron chi connectivity index (χ3n) is 3.47. The number of benzene rings is 2. The van der Waals surface area contributed by atoms with Gasteiger partial charge in [-0.3, -0.25) is 0 Å². The summed E-state index contributed by atoms with van der Waals surface area (Å²) >= 11 is 6.25. The molecule has 0 unspecified atom stereocenters. The van der Waals surface area contributed by atoms with E-state index in [1.54, 1.807) is 18.2 Å². The zero-order chi connectivity index (χ0) is 18.5. The van der Waals surface area contributed by atoms with Gasteiger partial charge >= 0.3 is 5.97 Å². The van der Waals surface area contributed by atoms with Gasteiger partial charge < -0.3 is 20.9 Å². The summed E-state index contributed by atoms with van der Waals surface area (Å²) < 4.78 is 5.71. The van der Waals surface area contributed by atoms with Gasteiger partial charge in [-0.05, 0) is 23.8 Å². The first-order valence-corrected chi connectivity index (χ1v) is 8.00. The van der Waals surface area contributed by atoms with Crippen LogP contribution >= 0.6 is 11.6 Å². The number of nitrogens with two attached hydrogens (primary N) is 1. The Morgan fingerprint density at radius 1 is 1.23 bits per heavy atom. The molecule has 1 aromatic heterocycles. The fraction of sp³-hybridized carbons (Fsp3) is 0.0556. The molecular weight excluding hydrogens is 356 g/mol. The van der Waals surface area contributed by atoms with E-state index in [4.69, 9.17) is 27.2 Å². The second-order valence-electron chi connectivity index (χ2n) is 5.34. The summed E-state index contributed by atoms with van der Waals surface area (Å²) in [6.45, 7) is 0.406. The molecule has 0 atom stereocenters. The third-order valence-corrected chi connectivity index (χ3v) is 3.77. The van der Waals surface area contributed by atoms with Crippen molar-refractivity contribution in [3.63, 3.8) is 0 Å². The van der Waals surface area contributed by atoms with E-state index >= 15 is 0 Å². The highest BCUT2D eigenvalue weighted by molar-refractivity contribution is 6.32. The van der Waals surface area contributed by atoms with Gasteiger partial charge in [-0.2, -0.15) is 4.98 Å². The first kappa shape index (κ1) is 17.5. The molecule has 0 saturated carbocycles. The molecule has 8 heteroatoms. The predicted octanol–water partition coefficient (Wildman–Crippen LogP) is 3.73. The quantitative estimate of drug-likeness (QED) is 0.606. The van der Waals surface area contributed by atoms with E-state index in [9.17, 15) is 4.79 Å². The lowest BCUT2D eigenvalue weighted by Gasteiger charge is -2.11. The summed E-state index contributed by atoms with van der Waals surface area (Å²) in [5.41, 5.74) is 7.10. The number of ether oxygens (including phenoxy) is 1. The number of carboxylic acids is 1. The summed E-state index contributed by atoms with van der Waals surface area (Å²) in [5, 5.41) is 12.3. The Hall–Kier alpha value is -3.32. The van der Waals surface area contributed by atoms with Crippen LogP contribution < -0.4 is 15.8 Å². The number of nitrogens with zero attached hydrogens (tertiary/aromatic N) is 2. The van der Waals surface area contributed by atoms with Crippen molar-refractivity contribution >= 4 is 35.0 Å². The molecule has 3 rings (SSSR count). The largest absolute Gasteiger partial charge is 0.487 e. The van der Waals surface area contributed by atoms with E-state index in [1.165, 1.54) is 0 Å². The molecule has 0 aliphatic carbocycles. The number of aromatic carboxylic acids is 1. The van der Waals surface area contributed by atoms with E-state index in [0.717, 1.165) is 11.8 Å². The minimum atomic E-state index is -1.18. The summed E-state index contributed by atoms with van der Waals surface area (Å²) in [7, 11) is 0. The molecule has 0 aliphatic heterocycles. The molecule has 0 spiro atoms. The molecule has 26 heavy (non-hydrogen) atoms. The number of nitrogens with one attached hydrogen (secondary N) is 1. The first-order chi connectivity index (χ1) is 12.5. The highest BCUT2D eigenvalue weighted by atomic mass is 35.5. The number of hydrogen-bond acceptors (Lipinski definition) is 6. The van der Waals surface area contributed by atoms with E-state index in [1.807, 2.05) is 30.3 Å². The number of aromatic nitrogens is 2. The molecule has 0 fully saturated rings. The van der Waals surface area contributed by atoms with Crippen molar-refractivity contribution in [3.8, 4) is 5.75 Å². The van der Waals surface area contributed by atoms with Gasteiger partial charge in [0.2, 0.25) is 5.95 Å². The van der Waals surface area contributed by atoms with Crippen molar-refractivity contribution in [1.82, 2.24) is 9.97 Å². The second-order valence-corrected chi connectivity index (χ2v) is 5.75. The smallest absolute Gasteiger partial charge is 0.341 e. The van der Waals surface area contributed by atoms with Gasteiger partial charge in [-0.25, -0.2) is 9.78 Å². The van der Waals surface area contributed by atoms with Crippen LogP contribution in [0.4, 0.5) is 17.5 Å². The summed E-state index contributed by atoms with van der Waals surface area (Å²) in [4.78, 5) is 18.8. The Kier molecular flexibility index (Phi) is 5.19. The minimum Gasteiger partial charge on any atom is -0.487 e. The number of rotatable bonds is 6. The molecule has 0 saturated heterocycles. The number of halogens is 1. The van der Waals surface area contributed by atoms with Crippen molar-refractivity contribution in [3.05, 3.63) is 70.9 Å². The van der Waals surface area contributed by atoms with E-state index in [2.05, 4.69) is 15.3 Å². The molecule has 2 aromatic carbocycles. The first-order valence-electron chi connectivity index (χ1n) is 7.62. The molecule has 132 valence electrons. The second kappa shape index (κ2) is 7.71. The molecule has 0 radical (unpaired) electrons. The SMILES string of the molecule is Nc1nc(Nc2ccc(OCc3ccccc3)c(Cl)c2)ncc1C(=O)O. The number of nitrogen functional groups attached to an aromatic ring is 1. The Bertz CT molecular complexity index is 935. The number of carbonyl (C=O) groups is 1. The van der Waals surface area contributed by atoms with Crippen LogP contribution in [0.2, 0.25) is 5.02 Å². The van der Waals surface area contributed by atoms with Crippen molar-refractivity contribution in [2.45, 2.75) is 6.61 Å². The van der Waals surface area contributed by atoms with Crippen LogP contribution in [0.5, 0.6) is 5.75 Å². The normalized spacial score (nSPS) is 10.3. The summed E-state index contributed by atoms with van der Waals surface area (Å²) in [6, 6.07) is 14.9. The van der Waals surface area contributed by atoms with Gasteiger partial charge in [0.25, 0.3) is 0 Å². The lowest BCUT2D eigenvalue weighted by atomic mass is 10.2. The van der Waals surface area contributed by atoms with Crippen LogP contribution in [0.1, 0.15) is 15.9 Å². The topological polar surface area (TPSA) is 110 Å². The highest BCUT2D eigenvalue weighted by Crippen LogP contribution is 2.29. The summed E-state index contributed by atoms with van der Waals surface area (Å²) in [6.07, 6.45) is 1.14. The van der Waals surface area contributed by atoms with Crippen LogP contribution in [0, 0.1) is 0 Å². The van der Waals surface area contributed by atoms with Gasteiger partial charge in [-0.1, -0.05) is 41.9 Å². The van der Waals surface area contributed by atoms with Crippen molar-refractivity contribution in [2.24, 2.45) is 0 Å². The average molecular weight is 371 g/mol. The predicted molar refractivity (Wildman–Crippen MR) is 98.9 cm³/mol. The maximum absolute atomic E-state index is 10.9. The van der Waals surface area contributed by atoms with Gasteiger partial charge in [0.1, 0.15) is 23.7 Å². The third kappa shape index (κ3) is 4.20. The Labute approximate surface area is 154 Å². The average Bonchev–Trinajstić information content (AvgIpc) is 2.62. The monoisotopic (exact) mass is 370 g/mol. The van der Waals surface area contributed by atoms with Gasteiger partial charge in [0.15, 0.2) is 0 Å². The molecule has 0 bridgehead atoms. The molecule has 7 nitrogen and oxygen atoms in total. The zero-order valence-corrected chi connectivity index (χ0v) is 14.3. The Morgan fingerprint density at radius 2 is 2.00 bits per heavy atom. The highest BCUT2D eigenvalue weighted by Gasteiger charge is 2.11. The lowest BCUT2D eigenvalue weighted by molar-refractivity contribution is 0.0697. The van der Waals surface area contributed by atoms with Crippen LogP contribution in [-0.2, 0) is 6.61 Å². The summed E-state index contributed by atoms with van der Waals surface area (Å²) in [5.74, 6) is -0.592. The van der Waals surface area contributed by atoms with Crippen molar-refractivity contribution in [2.75, 3.05) is 11.1 Å². The van der Waals surface area contributed by atoms with Crippen LogP contribution in [0.3, 0.4) is 0 Å². The zero-order valence-electron chi connectivity index (χ0n) is 13.5. The Morgan fingerprint density at radius 3 is 2.65 bits per heavy atom. The van der Waals surface area contributed by atoms with Crippen LogP contribution in [-0.4, -0.2) is 21.0 Å². The standard InChI is InChI=1S/C18H15ClN4O3/c19-14-8-12(22-18-21-9-13(17(24)25)16(20)23-18)6-7-15(14)26-10-11-4-2-1-3-5-11/h1-9H,10H2,(H,24,25)(H3,20,21,22,23). The van der Waals surface area contributed by atoms with Crippen molar-refractivity contribution in [1.29, 1.82) is 0 Å². The van der Waals surface area contributed by atoms with Gasteiger partial charge in [-0.15, -0.1) is 0 Å². The molecule has 0 aliphatic rings. The molecule has 4 N–H and O–H groups in total. The van der Waals surface area contributed by atoms with Crippen LogP contribution in [0.25, 0.3) is 0 Å². The van der Waals surface area contributed by atoms with Crippen molar-refractivity contribution < 1.29 is 14.6 Å². The fourth-order valence-electron chi connectivity index (χ4n) is 2.18. The Balaban J connectivity index is 1.69. The van der Waals surface area contributed by atoms with E-state index < -0.39 is 5.97 Å². The molecular formula is C18H15ClN4O3. The fourth-order valence-corrected chi connectivity index (χ4v) is 2.42. The number of anilines is 3. The molecule has 0 amide bonds. The number of hydrogen-bond donors (Lipinski definition) is 3. The van der Waals surface area contributed by atoms with E-state index in [0.29, 0.717) is 23.1 Å². The minimum absolute atomic E-state index is 0.121. The lowest BCUT2D eigenvalue weighted by Crippen LogP contribution is -2.08.